The zero-order valence-electron chi connectivity index (χ0n) is 11.4. The van der Waals surface area contributed by atoms with Crippen LogP contribution in [-0.2, 0) is 4.79 Å². The molecule has 1 saturated heterocycles. The Bertz CT molecular complexity index is 401. The van der Waals surface area contributed by atoms with Gasteiger partial charge in [0.25, 0.3) is 0 Å². The lowest BCUT2D eigenvalue weighted by atomic mass is 10.0. The number of aromatic nitrogens is 1. The van der Waals surface area contributed by atoms with Crippen molar-refractivity contribution < 1.29 is 4.79 Å². The summed E-state index contributed by atoms with van der Waals surface area (Å²) in [4.78, 5) is 18.4. The van der Waals surface area contributed by atoms with Crippen LogP contribution in [0, 0.1) is 5.92 Å². The smallest absolute Gasteiger partial charge is 0.224 e. The van der Waals surface area contributed by atoms with Gasteiger partial charge in [0.15, 0.2) is 0 Å². The highest BCUT2D eigenvalue weighted by atomic mass is 16.1. The fraction of sp³-hybridized carbons (Fsp3) is 0.571. The summed E-state index contributed by atoms with van der Waals surface area (Å²) < 4.78 is 0. The number of nitrogens with two attached hydrogens (primary N) is 1. The minimum atomic E-state index is -0.103. The van der Waals surface area contributed by atoms with E-state index in [4.69, 9.17) is 5.73 Å². The van der Waals surface area contributed by atoms with Gasteiger partial charge in [-0.05, 0) is 25.0 Å². The number of nitrogens with one attached hydrogen (secondary N) is 1. The molecule has 1 aliphatic rings. The van der Waals surface area contributed by atoms with Crippen molar-refractivity contribution >= 4 is 11.7 Å². The maximum Gasteiger partial charge on any atom is 0.224 e. The summed E-state index contributed by atoms with van der Waals surface area (Å²) in [7, 11) is 0. The Labute approximate surface area is 114 Å². The third-order valence-corrected chi connectivity index (χ3v) is 3.62. The van der Waals surface area contributed by atoms with Crippen molar-refractivity contribution in [2.45, 2.75) is 25.8 Å². The fourth-order valence-corrected chi connectivity index (χ4v) is 2.24. The predicted octanol–water partition coefficient (Wildman–Crippen LogP) is 0.761. The highest BCUT2D eigenvalue weighted by Gasteiger charge is 2.22. The minimum Gasteiger partial charge on any atom is -0.356 e. The molecule has 0 bridgehead atoms. The molecule has 0 spiro atoms. The van der Waals surface area contributed by atoms with E-state index in [-0.39, 0.29) is 17.9 Å². The average Bonchev–Trinajstić information content (AvgIpc) is 2.48. The molecule has 5 nitrogen and oxygen atoms in total. The molecule has 0 aliphatic carbocycles. The number of piperidine rings is 1. The second-order valence-electron chi connectivity index (χ2n) is 5.09. The molecule has 19 heavy (non-hydrogen) atoms. The van der Waals surface area contributed by atoms with E-state index in [1.807, 2.05) is 31.3 Å². The molecule has 2 rings (SSSR count). The lowest BCUT2D eigenvalue weighted by Gasteiger charge is -2.33. The fourth-order valence-electron chi connectivity index (χ4n) is 2.24. The van der Waals surface area contributed by atoms with Crippen LogP contribution in [0.15, 0.2) is 24.4 Å². The van der Waals surface area contributed by atoms with E-state index in [0.29, 0.717) is 6.54 Å². The van der Waals surface area contributed by atoms with Crippen LogP contribution < -0.4 is 16.0 Å². The largest absolute Gasteiger partial charge is 0.356 e. The van der Waals surface area contributed by atoms with Gasteiger partial charge in [0.05, 0.1) is 0 Å². The number of carbonyl (C=O) groups is 1. The molecule has 104 valence electrons. The standard InChI is InChI=1S/C14H22N4O/c1-11(10-15)14(19)17-12-5-8-18(9-6-12)13-4-2-3-7-16-13/h2-4,7,11-12H,5-6,8-10,15H2,1H3,(H,17,19). The first kappa shape index (κ1) is 13.8. The molecule has 1 aromatic rings. The van der Waals surface area contributed by atoms with Crippen molar-refractivity contribution in [3.8, 4) is 0 Å². The summed E-state index contributed by atoms with van der Waals surface area (Å²) in [6, 6.07) is 6.21. The third-order valence-electron chi connectivity index (χ3n) is 3.62. The van der Waals surface area contributed by atoms with Gasteiger partial charge < -0.3 is 16.0 Å². The number of hydrogen-bond acceptors (Lipinski definition) is 4. The van der Waals surface area contributed by atoms with Gasteiger partial charge in [0.1, 0.15) is 5.82 Å². The van der Waals surface area contributed by atoms with Crippen molar-refractivity contribution in [2.24, 2.45) is 11.7 Å². The maximum absolute atomic E-state index is 11.8. The summed E-state index contributed by atoms with van der Waals surface area (Å²) >= 11 is 0. The summed E-state index contributed by atoms with van der Waals surface area (Å²) in [5, 5.41) is 3.08. The van der Waals surface area contributed by atoms with Gasteiger partial charge in [0.2, 0.25) is 5.91 Å². The molecule has 0 saturated carbocycles. The molecular weight excluding hydrogens is 240 g/mol. The van der Waals surface area contributed by atoms with Gasteiger partial charge >= 0.3 is 0 Å². The Balaban J connectivity index is 1.81. The Kier molecular flexibility index (Phi) is 4.74. The molecule has 0 radical (unpaired) electrons. The Morgan fingerprint density at radius 3 is 2.84 bits per heavy atom. The Morgan fingerprint density at radius 1 is 1.53 bits per heavy atom. The normalized spacial score (nSPS) is 18.1. The summed E-state index contributed by atoms with van der Waals surface area (Å²) in [5.74, 6) is 0.982. The molecule has 1 aromatic heterocycles. The molecule has 1 amide bonds. The van der Waals surface area contributed by atoms with Gasteiger partial charge in [-0.25, -0.2) is 4.98 Å². The first-order chi connectivity index (χ1) is 9.20. The van der Waals surface area contributed by atoms with Crippen molar-refractivity contribution in [2.75, 3.05) is 24.5 Å². The molecule has 2 heterocycles. The van der Waals surface area contributed by atoms with E-state index in [1.54, 1.807) is 0 Å². The SMILES string of the molecule is CC(CN)C(=O)NC1CCN(c2ccccn2)CC1. The van der Waals surface area contributed by atoms with Crippen LogP contribution in [0.4, 0.5) is 5.82 Å². The molecule has 1 aliphatic heterocycles. The number of amides is 1. The van der Waals surface area contributed by atoms with Gasteiger partial charge in [-0.1, -0.05) is 13.0 Å². The maximum atomic E-state index is 11.8. The molecule has 3 N–H and O–H groups in total. The van der Waals surface area contributed by atoms with Crippen LogP contribution in [0.3, 0.4) is 0 Å². The summed E-state index contributed by atoms with van der Waals surface area (Å²) in [6.07, 6.45) is 3.73. The molecule has 5 heteroatoms. The van der Waals surface area contributed by atoms with Gasteiger partial charge in [0, 0.05) is 37.8 Å². The average molecular weight is 262 g/mol. The topological polar surface area (TPSA) is 71.2 Å². The highest BCUT2D eigenvalue weighted by molar-refractivity contribution is 5.78. The predicted molar refractivity (Wildman–Crippen MR) is 75.8 cm³/mol. The van der Waals surface area contributed by atoms with Crippen LogP contribution >= 0.6 is 0 Å². The van der Waals surface area contributed by atoms with Gasteiger partial charge in [-0.15, -0.1) is 0 Å². The number of nitrogens with zero attached hydrogens (tertiary/aromatic N) is 2. The summed E-state index contributed by atoms with van der Waals surface area (Å²) in [5.41, 5.74) is 5.50. The van der Waals surface area contributed by atoms with Crippen LogP contribution in [0.2, 0.25) is 0 Å². The Hall–Kier alpha value is -1.62. The van der Waals surface area contributed by atoms with Crippen molar-refractivity contribution in [1.82, 2.24) is 10.3 Å². The number of pyridine rings is 1. The van der Waals surface area contributed by atoms with E-state index >= 15 is 0 Å². The second kappa shape index (κ2) is 6.52. The molecular formula is C14H22N4O. The lowest BCUT2D eigenvalue weighted by Crippen LogP contribution is -2.47. The molecule has 0 aromatic carbocycles. The van der Waals surface area contributed by atoms with Crippen LogP contribution in [0.5, 0.6) is 0 Å². The van der Waals surface area contributed by atoms with Crippen molar-refractivity contribution in [3.63, 3.8) is 0 Å². The van der Waals surface area contributed by atoms with Crippen molar-refractivity contribution in [1.29, 1.82) is 0 Å². The van der Waals surface area contributed by atoms with Gasteiger partial charge in [-0.2, -0.15) is 0 Å². The summed E-state index contributed by atoms with van der Waals surface area (Å²) in [6.45, 7) is 4.12. The quantitative estimate of drug-likeness (QED) is 0.840. The van der Waals surface area contributed by atoms with Crippen LogP contribution in [-0.4, -0.2) is 36.6 Å². The molecule has 1 unspecified atom stereocenters. The van der Waals surface area contributed by atoms with E-state index in [2.05, 4.69) is 15.2 Å². The van der Waals surface area contributed by atoms with Crippen LogP contribution in [0.25, 0.3) is 0 Å². The molecule has 1 atom stereocenters. The Morgan fingerprint density at radius 2 is 2.26 bits per heavy atom. The van der Waals surface area contributed by atoms with Gasteiger partial charge in [-0.3, -0.25) is 4.79 Å². The minimum absolute atomic E-state index is 0.0683. The number of carbonyl (C=O) groups excluding carboxylic acids is 1. The molecule has 1 fully saturated rings. The van der Waals surface area contributed by atoms with E-state index in [1.165, 1.54) is 0 Å². The number of anilines is 1. The first-order valence-corrected chi connectivity index (χ1v) is 6.87. The third kappa shape index (κ3) is 3.67. The first-order valence-electron chi connectivity index (χ1n) is 6.87. The highest BCUT2D eigenvalue weighted by Crippen LogP contribution is 2.17. The van der Waals surface area contributed by atoms with Crippen molar-refractivity contribution in [3.05, 3.63) is 24.4 Å². The zero-order chi connectivity index (χ0) is 13.7. The zero-order valence-corrected chi connectivity index (χ0v) is 11.4. The lowest BCUT2D eigenvalue weighted by molar-refractivity contribution is -0.125. The van der Waals surface area contributed by atoms with Crippen LogP contribution in [0.1, 0.15) is 19.8 Å². The number of rotatable bonds is 4. The van der Waals surface area contributed by atoms with E-state index in [9.17, 15) is 4.79 Å². The monoisotopic (exact) mass is 262 g/mol. The van der Waals surface area contributed by atoms with E-state index in [0.717, 1.165) is 31.7 Å². The number of hydrogen-bond donors (Lipinski definition) is 2. The second-order valence-corrected chi connectivity index (χ2v) is 5.09. The van der Waals surface area contributed by atoms with E-state index < -0.39 is 0 Å².